The number of carbonyl (C=O) groups excluding carboxylic acids is 1. The van der Waals surface area contributed by atoms with Crippen LogP contribution in [-0.2, 0) is 30.9 Å². The fraction of sp³-hybridized carbons (Fsp3) is 0.409. The van der Waals surface area contributed by atoms with Gasteiger partial charge in [0, 0.05) is 25.8 Å². The van der Waals surface area contributed by atoms with Crippen molar-refractivity contribution < 1.29 is 26.4 Å². The highest BCUT2D eigenvalue weighted by Gasteiger charge is 2.32. The number of sulfone groups is 2. The van der Waals surface area contributed by atoms with E-state index < -0.39 is 24.9 Å². The van der Waals surface area contributed by atoms with E-state index in [9.17, 15) is 21.6 Å². The highest BCUT2D eigenvalue weighted by Crippen LogP contribution is 2.26. The van der Waals surface area contributed by atoms with E-state index in [1.807, 2.05) is 0 Å². The summed E-state index contributed by atoms with van der Waals surface area (Å²) in [5.74, 6) is 0.581. The van der Waals surface area contributed by atoms with Gasteiger partial charge in [-0.3, -0.25) is 4.79 Å². The van der Waals surface area contributed by atoms with Gasteiger partial charge in [0.15, 0.2) is 19.7 Å². The van der Waals surface area contributed by atoms with E-state index in [4.69, 9.17) is 4.74 Å². The number of carbonyl (C=O) groups is 1. The Morgan fingerprint density at radius 2 is 1.48 bits per heavy atom. The molecule has 2 aromatic rings. The Bertz CT molecular complexity index is 1120. The zero-order valence-electron chi connectivity index (χ0n) is 17.7. The highest BCUT2D eigenvalue weighted by molar-refractivity contribution is 7.92. The van der Waals surface area contributed by atoms with E-state index in [2.05, 4.69) is 0 Å². The maximum absolute atomic E-state index is 12.9. The highest BCUT2D eigenvalue weighted by atomic mass is 32.2. The third-order valence-electron chi connectivity index (χ3n) is 5.60. The standard InChI is InChI=1S/C22H27NO6S2/c1-29-18-6-10-20(11-7-18)31(27,28)21-13-15-23(16-14-21)22(24)12-5-17-3-8-19(9-4-17)30(2,25)26/h3-4,6-11,21H,5,12-16H2,1-2H3. The Morgan fingerprint density at radius 3 is 2.00 bits per heavy atom. The van der Waals surface area contributed by atoms with Gasteiger partial charge < -0.3 is 9.64 Å². The number of piperidine rings is 1. The van der Waals surface area contributed by atoms with Gasteiger partial charge in [-0.05, 0) is 61.2 Å². The number of likely N-dealkylation sites (tertiary alicyclic amines) is 1. The molecular weight excluding hydrogens is 438 g/mol. The third-order valence-corrected chi connectivity index (χ3v) is 9.01. The van der Waals surface area contributed by atoms with Crippen LogP contribution in [0.1, 0.15) is 24.8 Å². The number of amides is 1. The summed E-state index contributed by atoms with van der Waals surface area (Å²) < 4.78 is 53.9. The van der Waals surface area contributed by atoms with Gasteiger partial charge in [-0.25, -0.2) is 16.8 Å². The molecule has 1 aliphatic rings. The maximum atomic E-state index is 12.9. The summed E-state index contributed by atoms with van der Waals surface area (Å²) >= 11 is 0. The Labute approximate surface area is 183 Å². The summed E-state index contributed by atoms with van der Waals surface area (Å²) in [6, 6.07) is 12.9. The molecule has 0 atom stereocenters. The van der Waals surface area contributed by atoms with Crippen LogP contribution in [0, 0.1) is 0 Å². The second-order valence-electron chi connectivity index (χ2n) is 7.72. The van der Waals surface area contributed by atoms with Gasteiger partial charge in [-0.1, -0.05) is 12.1 Å². The molecule has 0 aliphatic carbocycles. The number of hydrogen-bond donors (Lipinski definition) is 0. The number of rotatable bonds is 7. The van der Waals surface area contributed by atoms with Crippen LogP contribution in [0.3, 0.4) is 0 Å². The molecule has 0 spiro atoms. The van der Waals surface area contributed by atoms with Crippen molar-refractivity contribution in [2.24, 2.45) is 0 Å². The summed E-state index contributed by atoms with van der Waals surface area (Å²) in [7, 11) is -5.16. The van der Waals surface area contributed by atoms with Gasteiger partial charge in [0.05, 0.1) is 22.2 Å². The average molecular weight is 466 g/mol. The molecule has 7 nitrogen and oxygen atoms in total. The molecule has 2 aromatic carbocycles. The Balaban J connectivity index is 1.53. The molecule has 31 heavy (non-hydrogen) atoms. The van der Waals surface area contributed by atoms with Crippen LogP contribution in [0.15, 0.2) is 58.3 Å². The van der Waals surface area contributed by atoms with E-state index in [1.54, 1.807) is 53.4 Å². The van der Waals surface area contributed by atoms with Gasteiger partial charge in [0.1, 0.15) is 5.75 Å². The van der Waals surface area contributed by atoms with E-state index >= 15 is 0 Å². The summed E-state index contributed by atoms with van der Waals surface area (Å²) in [5, 5.41) is -0.506. The summed E-state index contributed by atoms with van der Waals surface area (Å²) in [4.78, 5) is 14.8. The molecule has 0 bridgehead atoms. The topological polar surface area (TPSA) is 97.8 Å². The number of benzene rings is 2. The first-order chi connectivity index (χ1) is 14.6. The number of hydrogen-bond acceptors (Lipinski definition) is 6. The first-order valence-corrected chi connectivity index (χ1v) is 13.5. The molecule has 1 saturated heterocycles. The predicted octanol–water partition coefficient (Wildman–Crippen LogP) is 2.50. The molecule has 3 rings (SSSR count). The lowest BCUT2D eigenvalue weighted by molar-refractivity contribution is -0.132. The van der Waals surface area contributed by atoms with E-state index in [0.29, 0.717) is 44.5 Å². The van der Waals surface area contributed by atoms with Crippen LogP contribution in [0.5, 0.6) is 5.75 Å². The van der Waals surface area contributed by atoms with Crippen LogP contribution in [0.4, 0.5) is 0 Å². The van der Waals surface area contributed by atoms with Crippen molar-refractivity contribution in [2.45, 2.75) is 40.7 Å². The lowest BCUT2D eigenvalue weighted by Crippen LogP contribution is -2.42. The SMILES string of the molecule is COc1ccc(S(=O)(=O)C2CCN(C(=O)CCc3ccc(S(C)(=O)=O)cc3)CC2)cc1. The zero-order valence-corrected chi connectivity index (χ0v) is 19.3. The Morgan fingerprint density at radius 1 is 0.935 bits per heavy atom. The van der Waals surface area contributed by atoms with E-state index in [0.717, 1.165) is 11.8 Å². The number of nitrogens with zero attached hydrogens (tertiary/aromatic N) is 1. The lowest BCUT2D eigenvalue weighted by atomic mass is 10.1. The summed E-state index contributed by atoms with van der Waals surface area (Å²) in [6.45, 7) is 0.817. The zero-order chi connectivity index (χ0) is 22.6. The molecule has 1 heterocycles. The largest absolute Gasteiger partial charge is 0.497 e. The first-order valence-electron chi connectivity index (χ1n) is 10.1. The lowest BCUT2D eigenvalue weighted by Gasteiger charge is -2.32. The van der Waals surface area contributed by atoms with E-state index in [1.165, 1.54) is 7.11 Å². The second-order valence-corrected chi connectivity index (χ2v) is 12.0. The minimum absolute atomic E-state index is 0.0208. The maximum Gasteiger partial charge on any atom is 0.222 e. The number of aryl methyl sites for hydroxylation is 1. The third kappa shape index (κ3) is 5.65. The van der Waals surface area contributed by atoms with Crippen molar-refractivity contribution in [1.29, 1.82) is 0 Å². The van der Waals surface area contributed by atoms with Crippen LogP contribution in [-0.4, -0.2) is 59.3 Å². The summed E-state index contributed by atoms with van der Waals surface area (Å²) in [5.41, 5.74) is 0.887. The van der Waals surface area contributed by atoms with Crippen molar-refractivity contribution in [1.82, 2.24) is 4.90 Å². The first kappa shape index (κ1) is 23.3. The van der Waals surface area contributed by atoms with Crippen molar-refractivity contribution >= 4 is 25.6 Å². The molecule has 0 unspecified atom stereocenters. The van der Waals surface area contributed by atoms with Gasteiger partial charge >= 0.3 is 0 Å². The molecule has 9 heteroatoms. The quantitative estimate of drug-likeness (QED) is 0.623. The van der Waals surface area contributed by atoms with Crippen LogP contribution >= 0.6 is 0 Å². The fourth-order valence-corrected chi connectivity index (χ4v) is 6.05. The van der Waals surface area contributed by atoms with Crippen molar-refractivity contribution in [3.8, 4) is 5.75 Å². The predicted molar refractivity (Wildman–Crippen MR) is 118 cm³/mol. The van der Waals surface area contributed by atoms with Crippen LogP contribution in [0.25, 0.3) is 0 Å². The van der Waals surface area contributed by atoms with Crippen molar-refractivity contribution in [3.63, 3.8) is 0 Å². The summed E-state index contributed by atoms with van der Waals surface area (Å²) in [6.07, 6.45) is 2.78. The molecule has 0 radical (unpaired) electrons. The molecule has 1 fully saturated rings. The van der Waals surface area contributed by atoms with Crippen molar-refractivity contribution in [3.05, 3.63) is 54.1 Å². The van der Waals surface area contributed by atoms with Crippen LogP contribution in [0.2, 0.25) is 0 Å². The van der Waals surface area contributed by atoms with Crippen LogP contribution < -0.4 is 4.74 Å². The minimum Gasteiger partial charge on any atom is -0.497 e. The average Bonchev–Trinajstić information content (AvgIpc) is 2.77. The van der Waals surface area contributed by atoms with Gasteiger partial charge in [0.25, 0.3) is 0 Å². The normalized spacial score (nSPS) is 15.6. The Hall–Kier alpha value is -2.39. The molecule has 0 aromatic heterocycles. The molecular formula is C22H27NO6S2. The molecule has 1 amide bonds. The van der Waals surface area contributed by atoms with Gasteiger partial charge in [-0.2, -0.15) is 0 Å². The second kappa shape index (κ2) is 9.40. The number of methoxy groups -OCH3 is 1. The van der Waals surface area contributed by atoms with Gasteiger partial charge in [0.2, 0.25) is 5.91 Å². The Kier molecular flexibility index (Phi) is 7.06. The van der Waals surface area contributed by atoms with Gasteiger partial charge in [-0.15, -0.1) is 0 Å². The fourth-order valence-electron chi connectivity index (χ4n) is 3.69. The molecule has 1 aliphatic heterocycles. The number of ether oxygens (including phenoxy) is 1. The molecule has 0 saturated carbocycles. The van der Waals surface area contributed by atoms with E-state index in [-0.39, 0.29) is 15.7 Å². The monoisotopic (exact) mass is 465 g/mol. The molecule has 168 valence electrons. The molecule has 0 N–H and O–H groups in total. The van der Waals surface area contributed by atoms with Crippen molar-refractivity contribution in [2.75, 3.05) is 26.5 Å². The minimum atomic E-state index is -3.45. The smallest absolute Gasteiger partial charge is 0.222 e.